The third-order valence-electron chi connectivity index (χ3n) is 13.4. The van der Waals surface area contributed by atoms with Gasteiger partial charge in [0.05, 0.1) is 16.8 Å². The Morgan fingerprint density at radius 1 is 0.606 bits per heavy atom. The monoisotopic (exact) mass is 859 g/mol. The molecule has 0 saturated carbocycles. The van der Waals surface area contributed by atoms with Gasteiger partial charge in [-0.3, -0.25) is 0 Å². The van der Waals surface area contributed by atoms with E-state index < -0.39 is 28.4 Å². The molecule has 1 unspecified atom stereocenters. The lowest BCUT2D eigenvalue weighted by atomic mass is 9.65. The van der Waals surface area contributed by atoms with Gasteiger partial charge in [0.25, 0.3) is 0 Å². The van der Waals surface area contributed by atoms with E-state index in [4.69, 9.17) is 4.42 Å². The van der Waals surface area contributed by atoms with Crippen molar-refractivity contribution in [1.82, 2.24) is 0 Å². The van der Waals surface area contributed by atoms with Crippen LogP contribution in [0.1, 0.15) is 36.5 Å². The molecule has 0 radical (unpaired) electrons. The fraction of sp³-hybridized carbons (Fsp3) is 0.0667. The van der Waals surface area contributed by atoms with E-state index in [2.05, 4.69) is 164 Å². The third-order valence-corrected chi connectivity index (χ3v) is 13.4. The number of benzene rings is 8. The Hall–Kier alpha value is -8.48. The molecule has 1 heterocycles. The molecule has 11 rings (SSSR count). The minimum atomic E-state index is -1.08. The molecule has 1 aromatic heterocycles. The van der Waals surface area contributed by atoms with Crippen LogP contribution in [0, 0.1) is 0 Å². The Kier molecular flexibility index (Phi) is 9.74. The summed E-state index contributed by atoms with van der Waals surface area (Å²) < 4.78 is 7.12. The van der Waals surface area contributed by atoms with Gasteiger partial charge in [0.15, 0.2) is 17.1 Å². The number of fused-ring (bicyclic) bond motifs is 6. The van der Waals surface area contributed by atoms with Crippen molar-refractivity contribution in [3.8, 4) is 56.4 Å². The second kappa shape index (κ2) is 15.9. The molecule has 0 aliphatic heterocycles. The molecule has 0 bridgehead atoms. The fourth-order valence-electron chi connectivity index (χ4n) is 10.5. The standard InChI is InChI=1S/C60H45NO5/c1-3-16-39-19-13-27-50(44(39)4-2)61(43-35-31-38(32-36-43)37-17-7-5-8-18-37)51-28-15-25-47-46-24-14-23-45(58(46)66-59(47)51)40-29-33-42(34-30-40)60(41-20-9-6-10-21-41)49-26-12-11-22-48(49)52-53(60)55(63)57(65)56(64)54(52)62/h3-9,11-20,22-36,62-65H,1,10,21H2,2H3/b39-16-,44-4+. The van der Waals surface area contributed by atoms with Gasteiger partial charge in [0.2, 0.25) is 11.5 Å². The maximum Gasteiger partial charge on any atom is 0.204 e. The van der Waals surface area contributed by atoms with Gasteiger partial charge in [-0.1, -0.05) is 182 Å². The van der Waals surface area contributed by atoms with E-state index in [-0.39, 0.29) is 0 Å². The van der Waals surface area contributed by atoms with E-state index >= 15 is 0 Å². The normalized spacial score (nSPS) is 15.8. The molecular weight excluding hydrogens is 815 g/mol. The second-order valence-electron chi connectivity index (χ2n) is 16.8. The summed E-state index contributed by atoms with van der Waals surface area (Å²) in [4.78, 5) is 2.28. The summed E-state index contributed by atoms with van der Waals surface area (Å²) in [5, 5.41) is 49.1. The lowest BCUT2D eigenvalue weighted by Gasteiger charge is -2.37. The number of para-hydroxylation sites is 2. The molecule has 320 valence electrons. The number of nitrogens with zero attached hydrogens (tertiary/aromatic N) is 1. The van der Waals surface area contributed by atoms with Crippen molar-refractivity contribution in [3.63, 3.8) is 0 Å². The summed E-state index contributed by atoms with van der Waals surface area (Å²) in [6.45, 7) is 6.06. The Bertz CT molecular complexity index is 3600. The first-order chi connectivity index (χ1) is 32.3. The zero-order chi connectivity index (χ0) is 45.1. The van der Waals surface area contributed by atoms with E-state index in [1.165, 1.54) is 0 Å². The zero-order valence-electron chi connectivity index (χ0n) is 36.2. The van der Waals surface area contributed by atoms with E-state index in [0.717, 1.165) is 94.8 Å². The van der Waals surface area contributed by atoms with Crippen molar-refractivity contribution in [1.29, 1.82) is 0 Å². The highest BCUT2D eigenvalue weighted by Gasteiger charge is 2.51. The van der Waals surface area contributed by atoms with Crippen molar-refractivity contribution >= 4 is 51.2 Å². The molecule has 6 nitrogen and oxygen atoms in total. The molecule has 0 amide bonds. The quantitative estimate of drug-likeness (QED) is 0.0898. The number of aromatic hydroxyl groups is 4. The molecule has 0 saturated heterocycles. The maximum absolute atomic E-state index is 11.8. The van der Waals surface area contributed by atoms with Crippen LogP contribution < -0.4 is 15.3 Å². The molecule has 8 aromatic carbocycles. The van der Waals surface area contributed by atoms with Crippen molar-refractivity contribution < 1.29 is 24.8 Å². The molecule has 6 heteroatoms. The molecule has 1 atom stereocenters. The van der Waals surface area contributed by atoms with Crippen LogP contribution in [0.15, 0.2) is 199 Å². The topological polar surface area (TPSA) is 97.3 Å². The Morgan fingerprint density at radius 2 is 1.26 bits per heavy atom. The highest BCUT2D eigenvalue weighted by molar-refractivity contribution is 6.13. The van der Waals surface area contributed by atoms with Crippen LogP contribution >= 0.6 is 0 Å². The summed E-state index contributed by atoms with van der Waals surface area (Å²) >= 11 is 0. The first-order valence-corrected chi connectivity index (χ1v) is 22.2. The number of hydrogen-bond acceptors (Lipinski definition) is 6. The van der Waals surface area contributed by atoms with E-state index in [1.807, 2.05) is 48.6 Å². The minimum absolute atomic E-state index is 0.302. The van der Waals surface area contributed by atoms with Gasteiger partial charge in [0, 0.05) is 38.4 Å². The summed E-state index contributed by atoms with van der Waals surface area (Å²) in [6, 6.07) is 53.9. The molecule has 0 fully saturated rings. The number of rotatable bonds is 8. The SMILES string of the molecule is C=C/C=c1/cccc(N(c2ccc(-c3ccccc3)cc2)c2cccc3c2oc2c(-c4ccc(C5(C6=CC=CCC6)c6ccccc6-c6c(O)c(O)c(O)c(O)c65)cc4)cccc23)/c1=C/C. The minimum Gasteiger partial charge on any atom is -0.504 e. The van der Waals surface area contributed by atoms with Gasteiger partial charge >= 0.3 is 0 Å². The van der Waals surface area contributed by atoms with Crippen LogP contribution in [0.5, 0.6) is 23.0 Å². The Morgan fingerprint density at radius 3 is 2.00 bits per heavy atom. The van der Waals surface area contributed by atoms with Gasteiger partial charge in [-0.05, 0) is 82.6 Å². The third kappa shape index (κ3) is 6.02. The van der Waals surface area contributed by atoms with E-state index in [1.54, 1.807) is 0 Å². The Labute approximate surface area is 382 Å². The molecule has 2 aliphatic rings. The molecular formula is C60H45NO5. The zero-order valence-corrected chi connectivity index (χ0v) is 36.2. The largest absolute Gasteiger partial charge is 0.504 e. The van der Waals surface area contributed by atoms with Crippen molar-refractivity contribution in [2.24, 2.45) is 0 Å². The number of phenolic OH excluding ortho intramolecular Hbond substituents is 4. The molecule has 9 aromatic rings. The van der Waals surface area contributed by atoms with Crippen LogP contribution in [-0.4, -0.2) is 20.4 Å². The predicted molar refractivity (Wildman–Crippen MR) is 268 cm³/mol. The average molecular weight is 860 g/mol. The van der Waals surface area contributed by atoms with E-state index in [0.29, 0.717) is 23.1 Å². The summed E-state index contributed by atoms with van der Waals surface area (Å²) in [6.07, 6.45) is 13.6. The van der Waals surface area contributed by atoms with Gasteiger partial charge in [0.1, 0.15) is 5.58 Å². The first-order valence-electron chi connectivity index (χ1n) is 22.2. The van der Waals surface area contributed by atoms with Crippen LogP contribution in [-0.2, 0) is 5.41 Å². The predicted octanol–water partition coefficient (Wildman–Crippen LogP) is 13.6. The van der Waals surface area contributed by atoms with Crippen molar-refractivity contribution in [3.05, 3.63) is 221 Å². The number of anilines is 3. The maximum atomic E-state index is 11.8. The smallest absolute Gasteiger partial charge is 0.204 e. The molecule has 66 heavy (non-hydrogen) atoms. The molecule has 2 aliphatic carbocycles. The van der Waals surface area contributed by atoms with Crippen LogP contribution in [0.2, 0.25) is 0 Å². The number of hydrogen-bond donors (Lipinski definition) is 4. The Balaban J connectivity index is 1.09. The first kappa shape index (κ1) is 40.3. The molecule has 0 spiro atoms. The van der Waals surface area contributed by atoms with Crippen molar-refractivity contribution in [2.75, 3.05) is 4.90 Å². The lowest BCUT2D eigenvalue weighted by molar-refractivity contribution is 0.343. The lowest BCUT2D eigenvalue weighted by Crippen LogP contribution is -2.30. The summed E-state index contributed by atoms with van der Waals surface area (Å²) in [5.41, 5.74) is 11.4. The van der Waals surface area contributed by atoms with E-state index in [9.17, 15) is 20.4 Å². The highest BCUT2D eigenvalue weighted by atomic mass is 16.3. The summed E-state index contributed by atoms with van der Waals surface area (Å²) in [5.74, 6) is -2.43. The highest BCUT2D eigenvalue weighted by Crippen LogP contribution is 2.66. The van der Waals surface area contributed by atoms with Crippen LogP contribution in [0.25, 0.3) is 67.5 Å². The van der Waals surface area contributed by atoms with Gasteiger partial charge in [-0.25, -0.2) is 0 Å². The number of phenols is 4. The fourth-order valence-corrected chi connectivity index (χ4v) is 10.5. The van der Waals surface area contributed by atoms with Gasteiger partial charge in [-0.15, -0.1) is 0 Å². The van der Waals surface area contributed by atoms with Gasteiger partial charge in [-0.2, -0.15) is 0 Å². The molecule has 4 N–H and O–H groups in total. The van der Waals surface area contributed by atoms with Gasteiger partial charge < -0.3 is 29.7 Å². The number of allylic oxidation sites excluding steroid dienone is 5. The second-order valence-corrected chi connectivity index (χ2v) is 16.8. The summed E-state index contributed by atoms with van der Waals surface area (Å²) in [7, 11) is 0. The van der Waals surface area contributed by atoms with Crippen molar-refractivity contribution in [2.45, 2.75) is 25.2 Å². The average Bonchev–Trinajstić information content (AvgIpc) is 3.91. The van der Waals surface area contributed by atoms with Crippen LogP contribution in [0.4, 0.5) is 17.1 Å². The number of furan rings is 1. The van der Waals surface area contributed by atoms with Crippen LogP contribution in [0.3, 0.4) is 0 Å².